The Balaban J connectivity index is 3.39. The number of amides is 1. The average Bonchev–Trinajstić information content (AvgIpc) is 2.50. The van der Waals surface area contributed by atoms with Crippen LogP contribution in [0.2, 0.25) is 0 Å². The Morgan fingerprint density at radius 1 is 0.792 bits per heavy atom. The van der Waals surface area contributed by atoms with Crippen LogP contribution in [-0.2, 0) is 9.53 Å². The summed E-state index contributed by atoms with van der Waals surface area (Å²) in [5, 5.41) is 8.76. The minimum absolute atomic E-state index is 0.253. The zero-order chi connectivity index (χ0) is 18.3. The number of quaternary nitrogens is 1. The van der Waals surface area contributed by atoms with Gasteiger partial charge in [0.25, 0.3) is 0 Å². The number of carbonyl (C=O) groups is 2. The van der Waals surface area contributed by atoms with E-state index in [2.05, 4.69) is 6.92 Å². The molecule has 0 fully saturated rings. The number of carboxylic acids is 1. The highest BCUT2D eigenvalue weighted by Crippen LogP contribution is 2.12. The summed E-state index contributed by atoms with van der Waals surface area (Å²) in [6.07, 6.45) is 14.7. The Bertz CT molecular complexity index is 342. The lowest BCUT2D eigenvalue weighted by Crippen LogP contribution is -2.49. The van der Waals surface area contributed by atoms with Crippen LogP contribution in [0.4, 0.5) is 4.79 Å². The third-order valence-electron chi connectivity index (χ3n) is 4.25. The number of unbranched alkanes of at least 4 members (excludes halogenated alkanes) is 11. The molecule has 5 nitrogen and oxygen atoms in total. The fourth-order valence-electron chi connectivity index (χ4n) is 2.68. The molecule has 0 bridgehead atoms. The molecule has 0 aliphatic heterocycles. The second-order valence-corrected chi connectivity index (χ2v) is 7.24. The van der Waals surface area contributed by atoms with Gasteiger partial charge < -0.3 is 9.84 Å². The van der Waals surface area contributed by atoms with Crippen molar-refractivity contribution in [2.24, 2.45) is 0 Å². The minimum Gasteiger partial charge on any atom is -0.477 e. The Labute approximate surface area is 148 Å². The fraction of sp³-hybridized carbons (Fsp3) is 0.895. The fourth-order valence-corrected chi connectivity index (χ4v) is 2.68. The van der Waals surface area contributed by atoms with Gasteiger partial charge in [-0.05, 0) is 6.42 Å². The minimum atomic E-state index is -0.998. The summed E-state index contributed by atoms with van der Waals surface area (Å²) < 4.78 is 4.90. The summed E-state index contributed by atoms with van der Waals surface area (Å²) >= 11 is 0. The Morgan fingerprint density at radius 2 is 1.21 bits per heavy atom. The highest BCUT2D eigenvalue weighted by Gasteiger charge is 2.31. The van der Waals surface area contributed by atoms with Gasteiger partial charge in [0.2, 0.25) is 0 Å². The Hall–Kier alpha value is -1.10. The molecule has 0 saturated heterocycles. The summed E-state index contributed by atoms with van der Waals surface area (Å²) in [7, 11) is 3.11. The lowest BCUT2D eigenvalue weighted by Gasteiger charge is -2.22. The van der Waals surface area contributed by atoms with Gasteiger partial charge in [-0.2, -0.15) is 4.79 Å². The molecule has 1 N–H and O–H groups in total. The smallest absolute Gasteiger partial charge is 0.477 e. The SMILES string of the molecule is CCCCCCCCCCCCCCOC(=O)[N+](C)(C)CC(=O)O. The molecule has 0 heterocycles. The summed E-state index contributed by atoms with van der Waals surface area (Å²) in [6.45, 7) is 2.38. The molecule has 5 heteroatoms. The van der Waals surface area contributed by atoms with Crippen molar-refractivity contribution in [3.05, 3.63) is 0 Å². The third kappa shape index (κ3) is 13.3. The van der Waals surface area contributed by atoms with E-state index >= 15 is 0 Å². The van der Waals surface area contributed by atoms with Crippen molar-refractivity contribution >= 4 is 12.1 Å². The molecule has 0 spiro atoms. The Kier molecular flexibility index (Phi) is 13.6. The van der Waals surface area contributed by atoms with Crippen LogP contribution in [0.3, 0.4) is 0 Å². The van der Waals surface area contributed by atoms with Crippen molar-refractivity contribution in [1.29, 1.82) is 0 Å². The van der Waals surface area contributed by atoms with E-state index in [4.69, 9.17) is 9.84 Å². The number of aliphatic carboxylic acids is 1. The number of likely N-dealkylation sites (N-methyl/N-ethyl adjacent to an activating group) is 1. The monoisotopic (exact) mass is 344 g/mol. The third-order valence-corrected chi connectivity index (χ3v) is 4.25. The highest BCUT2D eigenvalue weighted by atomic mass is 16.6. The van der Waals surface area contributed by atoms with Crippen LogP contribution in [0.1, 0.15) is 84.0 Å². The molecule has 0 aromatic heterocycles. The van der Waals surface area contributed by atoms with Crippen LogP contribution < -0.4 is 0 Å². The number of carbonyl (C=O) groups excluding carboxylic acids is 1. The van der Waals surface area contributed by atoms with Crippen LogP contribution in [0, 0.1) is 0 Å². The van der Waals surface area contributed by atoms with E-state index in [1.165, 1.54) is 64.2 Å². The first-order chi connectivity index (χ1) is 11.4. The van der Waals surface area contributed by atoms with E-state index in [0.29, 0.717) is 6.61 Å². The molecule has 1 amide bonds. The van der Waals surface area contributed by atoms with Crippen molar-refractivity contribution in [3.63, 3.8) is 0 Å². The molecular formula is C19H38NO4+. The van der Waals surface area contributed by atoms with Gasteiger partial charge in [0, 0.05) is 0 Å². The molecular weight excluding hydrogens is 306 g/mol. The average molecular weight is 345 g/mol. The summed E-state index contributed by atoms with van der Waals surface area (Å²) in [4.78, 5) is 22.5. The van der Waals surface area contributed by atoms with Crippen molar-refractivity contribution in [2.75, 3.05) is 27.2 Å². The maximum atomic E-state index is 11.8. The van der Waals surface area contributed by atoms with E-state index in [1.54, 1.807) is 14.1 Å². The second-order valence-electron chi connectivity index (χ2n) is 7.24. The summed E-state index contributed by atoms with van der Waals surface area (Å²) in [6, 6.07) is 0. The van der Waals surface area contributed by atoms with Gasteiger partial charge in [-0.25, -0.2) is 9.28 Å². The number of hydrogen-bond acceptors (Lipinski definition) is 3. The largest absolute Gasteiger partial charge is 0.516 e. The van der Waals surface area contributed by atoms with Crippen molar-refractivity contribution in [1.82, 2.24) is 0 Å². The molecule has 0 aromatic rings. The topological polar surface area (TPSA) is 63.6 Å². The van der Waals surface area contributed by atoms with E-state index < -0.39 is 12.1 Å². The van der Waals surface area contributed by atoms with Crippen LogP contribution in [0.15, 0.2) is 0 Å². The van der Waals surface area contributed by atoms with Gasteiger partial charge in [0.05, 0.1) is 20.7 Å². The van der Waals surface area contributed by atoms with E-state index in [9.17, 15) is 9.59 Å². The number of ether oxygens (including phenoxy) is 1. The second kappa shape index (κ2) is 14.3. The van der Waals surface area contributed by atoms with Gasteiger partial charge in [0.15, 0.2) is 6.54 Å². The maximum absolute atomic E-state index is 11.8. The summed E-state index contributed by atoms with van der Waals surface area (Å²) in [5.41, 5.74) is 0. The van der Waals surface area contributed by atoms with Crippen LogP contribution >= 0.6 is 0 Å². The highest BCUT2D eigenvalue weighted by molar-refractivity contribution is 5.71. The molecule has 142 valence electrons. The molecule has 0 aromatic carbocycles. The predicted octanol–water partition coefficient (Wildman–Crippen LogP) is 4.99. The zero-order valence-electron chi connectivity index (χ0n) is 16.0. The van der Waals surface area contributed by atoms with Crippen molar-refractivity contribution < 1.29 is 23.9 Å². The van der Waals surface area contributed by atoms with E-state index in [1.807, 2.05) is 0 Å². The standard InChI is InChI=1S/C19H37NO4/c1-4-5-6-7-8-9-10-11-12-13-14-15-16-24-19(23)20(2,3)17-18(21)22/h4-17H2,1-3H3/p+1. The number of rotatable bonds is 15. The molecule has 0 aliphatic rings. The van der Waals surface area contributed by atoms with Gasteiger partial charge in [0.1, 0.15) is 0 Å². The molecule has 0 unspecified atom stereocenters. The quantitative estimate of drug-likeness (QED) is 0.336. The number of carboxylic acid groups (broad SMARTS) is 1. The molecule has 24 heavy (non-hydrogen) atoms. The van der Waals surface area contributed by atoms with Crippen LogP contribution in [0.25, 0.3) is 0 Å². The molecule has 0 radical (unpaired) electrons. The maximum Gasteiger partial charge on any atom is 0.516 e. The first-order valence-corrected chi connectivity index (χ1v) is 9.62. The van der Waals surface area contributed by atoms with Gasteiger partial charge in [-0.15, -0.1) is 0 Å². The van der Waals surface area contributed by atoms with Crippen LogP contribution in [0.5, 0.6) is 0 Å². The zero-order valence-corrected chi connectivity index (χ0v) is 16.0. The van der Waals surface area contributed by atoms with Crippen molar-refractivity contribution in [2.45, 2.75) is 84.0 Å². The van der Waals surface area contributed by atoms with E-state index in [0.717, 1.165) is 12.8 Å². The number of hydrogen-bond donors (Lipinski definition) is 1. The van der Waals surface area contributed by atoms with Gasteiger partial charge >= 0.3 is 12.1 Å². The Morgan fingerprint density at radius 3 is 1.62 bits per heavy atom. The number of nitrogens with zero attached hydrogens (tertiary/aromatic N) is 1. The lowest BCUT2D eigenvalue weighted by molar-refractivity contribution is -0.809. The normalized spacial score (nSPS) is 11.5. The first kappa shape index (κ1) is 22.9. The van der Waals surface area contributed by atoms with Gasteiger partial charge in [-0.3, -0.25) is 0 Å². The van der Waals surface area contributed by atoms with Crippen molar-refractivity contribution in [3.8, 4) is 0 Å². The molecule has 0 aliphatic carbocycles. The lowest BCUT2D eigenvalue weighted by atomic mass is 10.1. The summed E-state index contributed by atoms with van der Waals surface area (Å²) in [5.74, 6) is -0.998. The molecule has 0 saturated carbocycles. The molecule has 0 rings (SSSR count). The van der Waals surface area contributed by atoms with Gasteiger partial charge in [-0.1, -0.05) is 77.6 Å². The van der Waals surface area contributed by atoms with Crippen LogP contribution in [-0.4, -0.2) is 48.9 Å². The predicted molar refractivity (Wildman–Crippen MR) is 97.0 cm³/mol. The first-order valence-electron chi connectivity index (χ1n) is 9.62. The molecule has 0 atom stereocenters. The van der Waals surface area contributed by atoms with E-state index in [-0.39, 0.29) is 11.0 Å².